The summed E-state index contributed by atoms with van der Waals surface area (Å²) in [4.78, 5) is 48.9. The highest BCUT2D eigenvalue weighted by molar-refractivity contribution is 8.02. The second-order valence-electron chi connectivity index (χ2n) is 11.6. The Hall–Kier alpha value is -3.07. The summed E-state index contributed by atoms with van der Waals surface area (Å²) >= 11 is 8.26. The van der Waals surface area contributed by atoms with Crippen molar-refractivity contribution in [2.24, 2.45) is 17.8 Å². The van der Waals surface area contributed by atoms with Crippen LogP contribution in [0.5, 0.6) is 0 Å². The van der Waals surface area contributed by atoms with Gasteiger partial charge in [-0.2, -0.15) is 0 Å². The number of anilines is 2. The lowest BCUT2D eigenvalue weighted by molar-refractivity contribution is -0.139. The highest BCUT2D eigenvalue weighted by Crippen LogP contribution is 2.69. The van der Waals surface area contributed by atoms with Crippen LogP contribution in [0.25, 0.3) is 0 Å². The monoisotopic (exact) mass is 621 g/mol. The molecule has 9 heteroatoms. The predicted molar refractivity (Wildman–Crippen MR) is 174 cm³/mol. The number of carbonyl (C=O) groups is 3. The summed E-state index contributed by atoms with van der Waals surface area (Å²) in [7, 11) is 0. The molecule has 3 aliphatic rings. The molecular weight excluding hydrogens is 582 g/mol. The second kappa shape index (κ2) is 13.3. The average molecular weight is 622 g/mol. The molecule has 6 atom stereocenters. The Labute approximate surface area is 263 Å². The van der Waals surface area contributed by atoms with E-state index in [-0.39, 0.29) is 42.0 Å². The summed E-state index contributed by atoms with van der Waals surface area (Å²) in [5, 5.41) is 9.72. The fraction of sp³-hybridized carbons (Fsp3) is 0.441. The van der Waals surface area contributed by atoms with Gasteiger partial charge in [0.15, 0.2) is 0 Å². The molecule has 2 aromatic carbocycles. The molecular formula is C34H40ClN3O4S. The van der Waals surface area contributed by atoms with E-state index in [2.05, 4.69) is 20.1 Å². The first-order valence-corrected chi connectivity index (χ1v) is 16.3. The van der Waals surface area contributed by atoms with Gasteiger partial charge in [-0.05, 0) is 55.9 Å². The molecule has 3 heterocycles. The minimum Gasteiger partial charge on any atom is -0.396 e. The van der Waals surface area contributed by atoms with Gasteiger partial charge in [0.1, 0.15) is 6.04 Å². The van der Waals surface area contributed by atoms with Crippen molar-refractivity contribution in [3.63, 3.8) is 0 Å². The number of unbranched alkanes of at least 4 members (excludes halogenated alkanes) is 2. The summed E-state index contributed by atoms with van der Waals surface area (Å²) in [6, 6.07) is 15.9. The van der Waals surface area contributed by atoms with E-state index in [9.17, 15) is 19.5 Å². The van der Waals surface area contributed by atoms with Crippen LogP contribution in [0.4, 0.5) is 11.4 Å². The lowest BCUT2D eigenvalue weighted by Gasteiger charge is -2.41. The fourth-order valence-electron chi connectivity index (χ4n) is 7.39. The number of aliphatic hydroxyl groups excluding tert-OH is 1. The number of thioether (sulfide) groups is 1. The van der Waals surface area contributed by atoms with Gasteiger partial charge in [0.2, 0.25) is 11.8 Å². The van der Waals surface area contributed by atoms with E-state index in [1.54, 1.807) is 44.7 Å². The first-order valence-electron chi connectivity index (χ1n) is 15.0. The Morgan fingerprint density at radius 2 is 1.70 bits per heavy atom. The highest BCUT2D eigenvalue weighted by atomic mass is 35.5. The quantitative estimate of drug-likeness (QED) is 0.233. The molecule has 0 aliphatic carbocycles. The van der Waals surface area contributed by atoms with E-state index in [0.29, 0.717) is 36.6 Å². The Balaban J connectivity index is 1.58. The van der Waals surface area contributed by atoms with E-state index < -0.39 is 22.6 Å². The van der Waals surface area contributed by atoms with Gasteiger partial charge in [0.05, 0.1) is 27.3 Å². The van der Waals surface area contributed by atoms with Crippen LogP contribution in [0, 0.1) is 17.8 Å². The lowest BCUT2D eigenvalue weighted by atomic mass is 9.65. The van der Waals surface area contributed by atoms with Crippen LogP contribution >= 0.6 is 23.4 Å². The molecule has 2 bridgehead atoms. The number of hydrogen-bond acceptors (Lipinski definition) is 5. The zero-order valence-corrected chi connectivity index (χ0v) is 26.2. The third-order valence-electron chi connectivity index (χ3n) is 9.19. The lowest BCUT2D eigenvalue weighted by Crippen LogP contribution is -2.57. The zero-order chi connectivity index (χ0) is 30.7. The maximum Gasteiger partial charge on any atom is 0.251 e. The van der Waals surface area contributed by atoms with Gasteiger partial charge in [-0.25, -0.2) is 0 Å². The van der Waals surface area contributed by atoms with Crippen molar-refractivity contribution in [2.75, 3.05) is 36.0 Å². The predicted octanol–water partition coefficient (Wildman–Crippen LogP) is 5.58. The summed E-state index contributed by atoms with van der Waals surface area (Å²) in [6.45, 7) is 10.9. The number of nitrogens with zero attached hydrogens (tertiary/aromatic N) is 3. The molecule has 1 N–H and O–H groups in total. The molecule has 2 aromatic rings. The Morgan fingerprint density at radius 1 is 1.02 bits per heavy atom. The summed E-state index contributed by atoms with van der Waals surface area (Å²) in [6.07, 6.45) is 6.13. The van der Waals surface area contributed by atoms with Crippen LogP contribution < -0.4 is 9.80 Å². The molecule has 0 aromatic heterocycles. The largest absolute Gasteiger partial charge is 0.396 e. The summed E-state index contributed by atoms with van der Waals surface area (Å²) < 4.78 is -0.757. The molecule has 1 spiro atoms. The molecule has 228 valence electrons. The minimum atomic E-state index is -0.761. The van der Waals surface area contributed by atoms with Gasteiger partial charge in [0, 0.05) is 37.2 Å². The highest BCUT2D eigenvalue weighted by Gasteiger charge is 2.76. The van der Waals surface area contributed by atoms with Crippen LogP contribution in [0.2, 0.25) is 5.02 Å². The van der Waals surface area contributed by atoms with Crippen molar-refractivity contribution < 1.29 is 19.5 Å². The summed E-state index contributed by atoms with van der Waals surface area (Å²) in [5.74, 6) is -1.58. The van der Waals surface area contributed by atoms with Crippen LogP contribution in [0.1, 0.15) is 32.6 Å². The Kier molecular flexibility index (Phi) is 9.69. The molecule has 3 unspecified atom stereocenters. The van der Waals surface area contributed by atoms with Crippen molar-refractivity contribution in [1.82, 2.24) is 4.90 Å². The third-order valence-corrected chi connectivity index (χ3v) is 11.6. The Morgan fingerprint density at radius 3 is 2.37 bits per heavy atom. The standard InChI is InChI=1S/C34H40ClN3O4S/c1-4-18-36(24-14-8-6-9-15-24)31(40)28-27-22-23(3)34(43-27)29(28)32(41)38(20-12-7-13-21-39)30(34)33(42)37(19-5-2)26-17-11-10-16-25(26)35/h4-6,8-11,14-17,23,27-30,39H,1-2,7,12-13,18-22H2,3H3/t23?,27-,28+,29+,30?,34?/m1/s1. The smallest absolute Gasteiger partial charge is 0.251 e. The second-order valence-corrected chi connectivity index (χ2v) is 13.6. The number of aliphatic hydroxyl groups is 1. The average Bonchev–Trinajstić information content (AvgIpc) is 3.60. The Bertz CT molecular complexity index is 1370. The van der Waals surface area contributed by atoms with Crippen LogP contribution in [-0.2, 0) is 14.4 Å². The topological polar surface area (TPSA) is 81.2 Å². The number of para-hydroxylation sites is 2. The number of amides is 3. The van der Waals surface area contributed by atoms with Crippen molar-refractivity contribution >= 4 is 52.5 Å². The van der Waals surface area contributed by atoms with E-state index in [1.807, 2.05) is 48.5 Å². The van der Waals surface area contributed by atoms with Gasteiger partial charge in [-0.1, -0.05) is 61.0 Å². The van der Waals surface area contributed by atoms with Crippen LogP contribution in [0.3, 0.4) is 0 Å². The van der Waals surface area contributed by atoms with Gasteiger partial charge >= 0.3 is 0 Å². The van der Waals surface area contributed by atoms with Gasteiger partial charge in [-0.15, -0.1) is 24.9 Å². The molecule has 3 fully saturated rings. The maximum atomic E-state index is 14.8. The number of fused-ring (bicyclic) bond motifs is 1. The number of hydrogen-bond donors (Lipinski definition) is 1. The fourth-order valence-corrected chi connectivity index (χ4v) is 10.0. The van der Waals surface area contributed by atoms with Gasteiger partial charge in [0.25, 0.3) is 5.91 Å². The SMILES string of the molecule is C=CCN(C(=O)[C@@H]1[C@H]2C(=O)N(CCCCCO)C(C(=O)N(CC=C)c3ccccc3Cl)C23S[C@@H]1CC3C)c1ccccc1. The number of halogens is 1. The molecule has 43 heavy (non-hydrogen) atoms. The van der Waals surface area contributed by atoms with Crippen molar-refractivity contribution in [3.05, 3.63) is 84.9 Å². The molecule has 3 amide bonds. The molecule has 3 saturated heterocycles. The molecule has 0 radical (unpaired) electrons. The zero-order valence-electron chi connectivity index (χ0n) is 24.6. The first kappa shape index (κ1) is 31.4. The first-order chi connectivity index (χ1) is 20.8. The normalized spacial score (nSPS) is 27.2. The molecule has 0 saturated carbocycles. The van der Waals surface area contributed by atoms with E-state index in [1.165, 1.54) is 0 Å². The summed E-state index contributed by atoms with van der Waals surface area (Å²) in [5.41, 5.74) is 1.33. The number of rotatable bonds is 13. The van der Waals surface area contributed by atoms with Crippen molar-refractivity contribution in [1.29, 1.82) is 0 Å². The molecule has 3 aliphatic heterocycles. The maximum absolute atomic E-state index is 14.8. The number of carbonyl (C=O) groups excluding carboxylic acids is 3. The number of likely N-dealkylation sites (tertiary alicyclic amines) is 1. The van der Waals surface area contributed by atoms with Gasteiger partial charge in [-0.3, -0.25) is 14.4 Å². The van der Waals surface area contributed by atoms with E-state index in [4.69, 9.17) is 11.6 Å². The van der Waals surface area contributed by atoms with Crippen molar-refractivity contribution in [2.45, 2.75) is 48.6 Å². The van der Waals surface area contributed by atoms with E-state index in [0.717, 1.165) is 18.5 Å². The van der Waals surface area contributed by atoms with Crippen LogP contribution in [-0.4, -0.2) is 70.0 Å². The third kappa shape index (κ3) is 5.42. The number of benzene rings is 2. The minimum absolute atomic E-state index is 0.0401. The van der Waals surface area contributed by atoms with Gasteiger partial charge < -0.3 is 19.8 Å². The van der Waals surface area contributed by atoms with Crippen molar-refractivity contribution in [3.8, 4) is 0 Å². The molecule has 7 nitrogen and oxygen atoms in total. The van der Waals surface area contributed by atoms with Crippen LogP contribution in [0.15, 0.2) is 79.9 Å². The molecule has 5 rings (SSSR count). The van der Waals surface area contributed by atoms with E-state index >= 15 is 0 Å².